The van der Waals surface area contributed by atoms with Crippen molar-refractivity contribution in [2.75, 3.05) is 23.3 Å². The summed E-state index contributed by atoms with van der Waals surface area (Å²) in [5, 5.41) is 7.39. The molecule has 1 saturated heterocycles. The van der Waals surface area contributed by atoms with Crippen molar-refractivity contribution in [2.24, 2.45) is 5.92 Å². The van der Waals surface area contributed by atoms with E-state index in [1.54, 1.807) is 0 Å². The van der Waals surface area contributed by atoms with Gasteiger partial charge in [-0.15, -0.1) is 0 Å². The molecule has 3 nitrogen and oxygen atoms in total. The average Bonchev–Trinajstić information content (AvgIpc) is 2.65. The van der Waals surface area contributed by atoms with Crippen LogP contribution in [-0.2, 0) is 0 Å². The second kappa shape index (κ2) is 8.75. The first-order chi connectivity index (χ1) is 12.9. The Balaban J connectivity index is 1.58. The van der Waals surface area contributed by atoms with Crippen LogP contribution in [-0.4, -0.2) is 18.2 Å². The SMILES string of the molecule is Cc1ccc(C)c(NC(=S)NC(C)c2ccc(N3CCC(C)CC3)cc2)c1. The molecule has 1 heterocycles. The quantitative estimate of drug-likeness (QED) is 0.675. The zero-order valence-electron chi connectivity index (χ0n) is 16.9. The van der Waals surface area contributed by atoms with Crippen LogP contribution in [0.4, 0.5) is 11.4 Å². The van der Waals surface area contributed by atoms with Gasteiger partial charge in [-0.2, -0.15) is 0 Å². The lowest BCUT2D eigenvalue weighted by atomic mass is 9.98. The highest BCUT2D eigenvalue weighted by atomic mass is 32.1. The monoisotopic (exact) mass is 381 g/mol. The summed E-state index contributed by atoms with van der Waals surface area (Å²) < 4.78 is 0. The largest absolute Gasteiger partial charge is 0.372 e. The number of anilines is 2. The number of thiocarbonyl (C=S) groups is 1. The molecule has 27 heavy (non-hydrogen) atoms. The number of hydrogen-bond acceptors (Lipinski definition) is 2. The predicted molar refractivity (Wildman–Crippen MR) is 121 cm³/mol. The molecule has 4 heteroatoms. The molecule has 0 spiro atoms. The van der Waals surface area contributed by atoms with E-state index in [0.717, 1.165) is 24.7 Å². The summed E-state index contributed by atoms with van der Waals surface area (Å²) in [7, 11) is 0. The maximum absolute atomic E-state index is 5.52. The van der Waals surface area contributed by atoms with Crippen molar-refractivity contribution in [2.45, 2.75) is 46.6 Å². The first kappa shape index (κ1) is 19.7. The highest BCUT2D eigenvalue weighted by molar-refractivity contribution is 7.80. The maximum Gasteiger partial charge on any atom is 0.171 e. The summed E-state index contributed by atoms with van der Waals surface area (Å²) in [6, 6.07) is 15.4. The Morgan fingerprint density at radius 1 is 1.07 bits per heavy atom. The minimum atomic E-state index is 0.158. The van der Waals surface area contributed by atoms with Gasteiger partial charge in [-0.3, -0.25) is 0 Å². The number of rotatable bonds is 4. The van der Waals surface area contributed by atoms with Gasteiger partial charge in [0.25, 0.3) is 0 Å². The van der Waals surface area contributed by atoms with E-state index in [2.05, 4.69) is 85.7 Å². The normalized spacial score (nSPS) is 16.1. The van der Waals surface area contributed by atoms with Crippen LogP contribution >= 0.6 is 12.2 Å². The number of aryl methyl sites for hydroxylation is 2. The maximum atomic E-state index is 5.52. The summed E-state index contributed by atoms with van der Waals surface area (Å²) in [5.41, 5.74) is 6.05. The van der Waals surface area contributed by atoms with Gasteiger partial charge >= 0.3 is 0 Å². The fourth-order valence-electron chi connectivity index (χ4n) is 3.55. The molecule has 0 amide bonds. The van der Waals surface area contributed by atoms with Crippen LogP contribution in [0.3, 0.4) is 0 Å². The van der Waals surface area contributed by atoms with Crippen molar-refractivity contribution in [1.29, 1.82) is 0 Å². The van der Waals surface area contributed by atoms with Crippen molar-refractivity contribution in [1.82, 2.24) is 5.32 Å². The third-order valence-corrected chi connectivity index (χ3v) is 5.75. The van der Waals surface area contributed by atoms with E-state index in [4.69, 9.17) is 12.2 Å². The van der Waals surface area contributed by atoms with Gasteiger partial charge in [-0.1, -0.05) is 31.2 Å². The molecule has 0 radical (unpaired) electrons. The van der Waals surface area contributed by atoms with E-state index in [1.807, 2.05) is 0 Å². The van der Waals surface area contributed by atoms with E-state index >= 15 is 0 Å². The minimum absolute atomic E-state index is 0.158. The molecule has 0 aliphatic carbocycles. The first-order valence-electron chi connectivity index (χ1n) is 9.92. The van der Waals surface area contributed by atoms with Crippen LogP contribution in [0, 0.1) is 19.8 Å². The molecule has 1 unspecified atom stereocenters. The Morgan fingerprint density at radius 3 is 2.41 bits per heavy atom. The Bertz CT molecular complexity index is 777. The molecule has 144 valence electrons. The number of hydrogen-bond donors (Lipinski definition) is 2. The number of nitrogens with one attached hydrogen (secondary N) is 2. The van der Waals surface area contributed by atoms with E-state index in [-0.39, 0.29) is 6.04 Å². The number of nitrogens with zero attached hydrogens (tertiary/aromatic N) is 1. The van der Waals surface area contributed by atoms with E-state index < -0.39 is 0 Å². The first-order valence-corrected chi connectivity index (χ1v) is 10.3. The van der Waals surface area contributed by atoms with Crippen LogP contribution in [0.1, 0.15) is 49.4 Å². The fourth-order valence-corrected chi connectivity index (χ4v) is 3.84. The Morgan fingerprint density at radius 2 is 1.74 bits per heavy atom. The molecule has 1 atom stereocenters. The van der Waals surface area contributed by atoms with Crippen LogP contribution in [0.2, 0.25) is 0 Å². The predicted octanol–water partition coefficient (Wildman–Crippen LogP) is 5.59. The van der Waals surface area contributed by atoms with E-state index in [9.17, 15) is 0 Å². The van der Waals surface area contributed by atoms with Crippen LogP contribution in [0.25, 0.3) is 0 Å². The molecule has 0 bridgehead atoms. The molecule has 2 aromatic carbocycles. The van der Waals surface area contributed by atoms with Gasteiger partial charge in [0.15, 0.2) is 5.11 Å². The van der Waals surface area contributed by atoms with Gasteiger partial charge in [-0.05, 0) is 86.6 Å². The third kappa shape index (κ3) is 5.23. The number of piperidine rings is 1. The van der Waals surface area contributed by atoms with Crippen molar-refractivity contribution in [3.8, 4) is 0 Å². The van der Waals surface area contributed by atoms with Crippen molar-refractivity contribution in [3.05, 3.63) is 59.2 Å². The highest BCUT2D eigenvalue weighted by Crippen LogP contribution is 2.25. The standard InChI is InChI=1S/C23H31N3S/c1-16-11-13-26(14-12-16)21-9-7-20(8-10-21)19(4)24-23(27)25-22-15-17(2)5-6-18(22)3/h5-10,15-16,19H,11-14H2,1-4H3,(H2,24,25,27). The van der Waals surface area contributed by atoms with Gasteiger partial charge in [0.2, 0.25) is 0 Å². The second-order valence-electron chi connectivity index (χ2n) is 7.90. The summed E-state index contributed by atoms with van der Waals surface area (Å²) in [4.78, 5) is 2.49. The molecule has 1 fully saturated rings. The van der Waals surface area contributed by atoms with Crippen LogP contribution in [0.5, 0.6) is 0 Å². The van der Waals surface area contributed by atoms with E-state index in [0.29, 0.717) is 5.11 Å². The fraction of sp³-hybridized carbons (Fsp3) is 0.435. The average molecular weight is 382 g/mol. The van der Waals surface area contributed by atoms with Crippen molar-refractivity contribution >= 4 is 28.7 Å². The van der Waals surface area contributed by atoms with Crippen LogP contribution in [0.15, 0.2) is 42.5 Å². The second-order valence-corrected chi connectivity index (χ2v) is 8.31. The molecule has 1 aliphatic rings. The summed E-state index contributed by atoms with van der Waals surface area (Å²) in [5.74, 6) is 0.857. The third-order valence-electron chi connectivity index (χ3n) is 5.53. The molecule has 3 rings (SSSR count). The van der Waals surface area contributed by atoms with Gasteiger partial charge in [-0.25, -0.2) is 0 Å². The topological polar surface area (TPSA) is 27.3 Å². The smallest absolute Gasteiger partial charge is 0.171 e. The molecule has 2 aromatic rings. The number of benzene rings is 2. The van der Waals surface area contributed by atoms with E-state index in [1.165, 1.54) is 35.2 Å². The Labute approximate surface area is 169 Å². The molecule has 2 N–H and O–H groups in total. The summed E-state index contributed by atoms with van der Waals surface area (Å²) >= 11 is 5.52. The summed E-state index contributed by atoms with van der Waals surface area (Å²) in [6.45, 7) is 11.0. The Kier molecular flexibility index (Phi) is 6.38. The van der Waals surface area contributed by atoms with Gasteiger partial charge in [0.1, 0.15) is 0 Å². The Hall–Kier alpha value is -2.07. The molecular weight excluding hydrogens is 350 g/mol. The van der Waals surface area contributed by atoms with Gasteiger partial charge in [0, 0.05) is 24.5 Å². The zero-order chi connectivity index (χ0) is 19.4. The molecule has 0 saturated carbocycles. The van der Waals surface area contributed by atoms with Crippen molar-refractivity contribution < 1.29 is 0 Å². The lowest BCUT2D eigenvalue weighted by Gasteiger charge is -2.32. The zero-order valence-corrected chi connectivity index (χ0v) is 17.7. The minimum Gasteiger partial charge on any atom is -0.372 e. The molecule has 0 aromatic heterocycles. The lowest BCUT2D eigenvalue weighted by molar-refractivity contribution is 0.438. The summed E-state index contributed by atoms with van der Waals surface area (Å²) in [6.07, 6.45) is 2.58. The lowest BCUT2D eigenvalue weighted by Crippen LogP contribution is -2.33. The molecule has 1 aliphatic heterocycles. The van der Waals surface area contributed by atoms with Gasteiger partial charge < -0.3 is 15.5 Å². The van der Waals surface area contributed by atoms with Crippen molar-refractivity contribution in [3.63, 3.8) is 0 Å². The highest BCUT2D eigenvalue weighted by Gasteiger charge is 2.16. The van der Waals surface area contributed by atoms with Crippen LogP contribution < -0.4 is 15.5 Å². The van der Waals surface area contributed by atoms with Gasteiger partial charge in [0.05, 0.1) is 6.04 Å². The molecular formula is C23H31N3S.